The summed E-state index contributed by atoms with van der Waals surface area (Å²) in [4.78, 5) is 36.7. The molecule has 2 N–H and O–H groups in total. The number of nitrogens with zero attached hydrogens (tertiary/aromatic N) is 6. The highest BCUT2D eigenvalue weighted by molar-refractivity contribution is 7.99. The minimum atomic E-state index is -0.718. The van der Waals surface area contributed by atoms with Gasteiger partial charge in [0, 0.05) is 14.1 Å². The Hall–Kier alpha value is -3.21. The molecular formula is C16H17N7O3S. The van der Waals surface area contributed by atoms with Crippen LogP contribution < -0.4 is 17.0 Å². The first kappa shape index (κ1) is 18.6. The number of aromatic nitrogens is 6. The highest BCUT2D eigenvalue weighted by Gasteiger charge is 2.21. The maximum Gasteiger partial charge on any atom is 0.332 e. The maximum atomic E-state index is 12.6. The molecule has 0 unspecified atom stereocenters. The summed E-state index contributed by atoms with van der Waals surface area (Å²) in [6.07, 6.45) is 0. The van der Waals surface area contributed by atoms with Crippen molar-refractivity contribution >= 4 is 23.4 Å². The molecule has 10 nitrogen and oxygen atoms in total. The van der Waals surface area contributed by atoms with Crippen LogP contribution in [0.5, 0.6) is 0 Å². The summed E-state index contributed by atoms with van der Waals surface area (Å²) < 4.78 is 3.49. The molecule has 0 amide bonds. The van der Waals surface area contributed by atoms with E-state index in [4.69, 9.17) is 5.73 Å². The molecule has 0 radical (unpaired) electrons. The number of carbonyl (C=O) groups is 1. The van der Waals surface area contributed by atoms with Gasteiger partial charge in [0.15, 0.2) is 5.78 Å². The van der Waals surface area contributed by atoms with Crippen molar-refractivity contribution in [1.29, 1.82) is 0 Å². The lowest BCUT2D eigenvalue weighted by Gasteiger charge is -2.10. The molecular weight excluding hydrogens is 370 g/mol. The van der Waals surface area contributed by atoms with Gasteiger partial charge in [-0.25, -0.2) is 9.48 Å². The monoisotopic (exact) mass is 387 g/mol. The minimum Gasteiger partial charge on any atom is -0.384 e. The van der Waals surface area contributed by atoms with E-state index in [0.717, 1.165) is 26.5 Å². The summed E-state index contributed by atoms with van der Waals surface area (Å²) in [6, 6.07) is 9.62. The van der Waals surface area contributed by atoms with E-state index in [0.29, 0.717) is 11.7 Å². The van der Waals surface area contributed by atoms with Crippen molar-refractivity contribution in [3.8, 4) is 0 Å². The summed E-state index contributed by atoms with van der Waals surface area (Å²) >= 11 is 1.10. The maximum absolute atomic E-state index is 12.6. The fraction of sp³-hybridized carbons (Fsp3) is 0.250. The summed E-state index contributed by atoms with van der Waals surface area (Å²) in [5.41, 5.74) is 5.30. The van der Waals surface area contributed by atoms with Crippen LogP contribution in [-0.4, -0.2) is 40.9 Å². The number of benzene rings is 1. The zero-order valence-corrected chi connectivity index (χ0v) is 15.5. The Labute approximate surface area is 157 Å². The first-order chi connectivity index (χ1) is 12.9. The fourth-order valence-corrected chi connectivity index (χ4v) is 3.23. The highest BCUT2D eigenvalue weighted by atomic mass is 32.2. The average Bonchev–Trinajstić information content (AvgIpc) is 3.11. The molecule has 0 aliphatic heterocycles. The van der Waals surface area contributed by atoms with Crippen molar-refractivity contribution in [3.05, 3.63) is 62.3 Å². The topological polar surface area (TPSA) is 131 Å². The lowest BCUT2D eigenvalue weighted by atomic mass is 10.2. The molecule has 0 saturated carbocycles. The molecule has 140 valence electrons. The standard InChI is InChI=1S/C16H17N7O3S/c1-21-13(17)12(14(25)22(2)16(21)26)11(24)9-27-15-18-19-20-23(15)8-10-6-4-3-5-7-10/h3-7H,8-9,17H2,1-2H3. The first-order valence-electron chi connectivity index (χ1n) is 7.91. The van der Waals surface area contributed by atoms with Gasteiger partial charge >= 0.3 is 5.69 Å². The number of anilines is 1. The van der Waals surface area contributed by atoms with Crippen LogP contribution in [0.4, 0.5) is 5.82 Å². The molecule has 0 spiro atoms. The second kappa shape index (κ2) is 7.58. The van der Waals surface area contributed by atoms with Crippen LogP contribution in [0.25, 0.3) is 0 Å². The number of rotatable bonds is 6. The number of hydrogen-bond donors (Lipinski definition) is 1. The molecule has 3 aromatic rings. The Morgan fingerprint density at radius 3 is 2.56 bits per heavy atom. The molecule has 0 fully saturated rings. The van der Waals surface area contributed by atoms with Crippen molar-refractivity contribution in [2.24, 2.45) is 14.1 Å². The number of Topliss-reactive ketones (excluding diaryl/α,β-unsaturated/α-hetero) is 1. The molecule has 1 aromatic carbocycles. The van der Waals surface area contributed by atoms with Gasteiger partial charge < -0.3 is 5.73 Å². The van der Waals surface area contributed by atoms with Crippen molar-refractivity contribution in [3.63, 3.8) is 0 Å². The van der Waals surface area contributed by atoms with Crippen LogP contribution in [0.1, 0.15) is 15.9 Å². The Morgan fingerprint density at radius 1 is 1.15 bits per heavy atom. The normalized spacial score (nSPS) is 10.9. The Bertz CT molecular complexity index is 1100. The molecule has 0 saturated heterocycles. The molecule has 0 bridgehead atoms. The second-order valence-electron chi connectivity index (χ2n) is 5.78. The highest BCUT2D eigenvalue weighted by Crippen LogP contribution is 2.17. The second-order valence-corrected chi connectivity index (χ2v) is 6.73. The van der Waals surface area contributed by atoms with Gasteiger partial charge in [-0.3, -0.25) is 18.7 Å². The molecule has 2 heterocycles. The number of hydrogen-bond acceptors (Lipinski definition) is 8. The molecule has 0 aliphatic rings. The quantitative estimate of drug-likeness (QED) is 0.450. The van der Waals surface area contributed by atoms with Gasteiger partial charge in [-0.15, -0.1) is 5.10 Å². The summed E-state index contributed by atoms with van der Waals surface area (Å²) in [5.74, 6) is -0.743. The lowest BCUT2D eigenvalue weighted by Crippen LogP contribution is -2.41. The van der Waals surface area contributed by atoms with Gasteiger partial charge in [0.25, 0.3) is 5.56 Å². The van der Waals surface area contributed by atoms with E-state index in [1.165, 1.54) is 14.1 Å². The largest absolute Gasteiger partial charge is 0.384 e. The van der Waals surface area contributed by atoms with Crippen molar-refractivity contribution in [1.82, 2.24) is 29.3 Å². The third-order valence-corrected chi connectivity index (χ3v) is 4.95. The summed E-state index contributed by atoms with van der Waals surface area (Å²) in [5, 5.41) is 11.9. The predicted molar refractivity (Wildman–Crippen MR) is 99.8 cm³/mol. The molecule has 0 atom stereocenters. The van der Waals surface area contributed by atoms with E-state index in [-0.39, 0.29) is 17.1 Å². The van der Waals surface area contributed by atoms with Gasteiger partial charge in [0.05, 0.1) is 12.3 Å². The van der Waals surface area contributed by atoms with E-state index in [9.17, 15) is 14.4 Å². The first-order valence-corrected chi connectivity index (χ1v) is 8.90. The van der Waals surface area contributed by atoms with Crippen molar-refractivity contribution < 1.29 is 4.79 Å². The average molecular weight is 387 g/mol. The van der Waals surface area contributed by atoms with Crippen molar-refractivity contribution in [2.75, 3.05) is 11.5 Å². The van der Waals surface area contributed by atoms with Crippen LogP contribution in [-0.2, 0) is 20.6 Å². The van der Waals surface area contributed by atoms with Crippen LogP contribution in [0, 0.1) is 0 Å². The minimum absolute atomic E-state index is 0.0905. The number of carbonyl (C=O) groups excluding carboxylic acids is 1. The fourth-order valence-electron chi connectivity index (χ4n) is 2.48. The van der Waals surface area contributed by atoms with Gasteiger partial charge in [0.1, 0.15) is 11.4 Å². The number of nitrogen functional groups attached to an aromatic ring is 1. The molecule has 27 heavy (non-hydrogen) atoms. The van der Waals surface area contributed by atoms with E-state index in [2.05, 4.69) is 15.5 Å². The summed E-state index contributed by atoms with van der Waals surface area (Å²) in [7, 11) is 2.70. The zero-order valence-electron chi connectivity index (χ0n) is 14.7. The number of tetrazole rings is 1. The Morgan fingerprint density at radius 2 is 1.85 bits per heavy atom. The van der Waals surface area contributed by atoms with Crippen LogP contribution in [0.2, 0.25) is 0 Å². The molecule has 0 aliphatic carbocycles. The van der Waals surface area contributed by atoms with Gasteiger partial charge in [0.2, 0.25) is 5.16 Å². The van der Waals surface area contributed by atoms with E-state index < -0.39 is 17.0 Å². The van der Waals surface area contributed by atoms with Crippen LogP contribution >= 0.6 is 11.8 Å². The zero-order chi connectivity index (χ0) is 19.6. The van der Waals surface area contributed by atoms with Gasteiger partial charge in [-0.05, 0) is 16.0 Å². The van der Waals surface area contributed by atoms with E-state index in [1.54, 1.807) is 4.68 Å². The lowest BCUT2D eigenvalue weighted by molar-refractivity contribution is 0.102. The van der Waals surface area contributed by atoms with Crippen molar-refractivity contribution in [2.45, 2.75) is 11.7 Å². The third kappa shape index (κ3) is 3.67. The Kier molecular flexibility index (Phi) is 5.21. The van der Waals surface area contributed by atoms with Gasteiger partial charge in [-0.1, -0.05) is 42.1 Å². The van der Waals surface area contributed by atoms with E-state index >= 15 is 0 Å². The smallest absolute Gasteiger partial charge is 0.332 e. The van der Waals surface area contributed by atoms with Crippen LogP contribution in [0.3, 0.4) is 0 Å². The summed E-state index contributed by atoms with van der Waals surface area (Å²) in [6.45, 7) is 0.452. The molecule has 2 aromatic heterocycles. The number of nitrogens with two attached hydrogens (primary N) is 1. The Balaban J connectivity index is 1.79. The SMILES string of the molecule is Cn1c(N)c(C(=O)CSc2nnnn2Cc2ccccc2)c(=O)n(C)c1=O. The van der Waals surface area contributed by atoms with Crippen LogP contribution in [0.15, 0.2) is 45.1 Å². The van der Waals surface area contributed by atoms with Gasteiger partial charge in [-0.2, -0.15) is 0 Å². The van der Waals surface area contributed by atoms with E-state index in [1.807, 2.05) is 30.3 Å². The third-order valence-electron chi connectivity index (χ3n) is 4.00. The number of thioether (sulfide) groups is 1. The predicted octanol–water partition coefficient (Wildman–Crippen LogP) is -0.324. The molecule has 3 rings (SSSR count). The molecule has 11 heteroatoms. The number of ketones is 1.